The number of amidine groups is 1. The van der Waals surface area contributed by atoms with E-state index in [0.717, 1.165) is 9.37 Å². The number of hydrogen-bond donors (Lipinski definition) is 3. The molecule has 0 aliphatic rings. The molecular weight excluding hydrogens is 292 g/mol. The molecule has 1 rings (SSSR count). The maximum absolute atomic E-state index is 9.01. The first-order valence-electron chi connectivity index (χ1n) is 4.63. The van der Waals surface area contributed by atoms with Gasteiger partial charge in [0, 0.05) is 20.2 Å². The zero-order valence-electron chi connectivity index (χ0n) is 8.72. The van der Waals surface area contributed by atoms with Crippen LogP contribution in [0, 0.1) is 0 Å². The van der Waals surface area contributed by atoms with Crippen molar-refractivity contribution in [1.29, 1.82) is 0 Å². The van der Waals surface area contributed by atoms with Gasteiger partial charge in [-0.15, -0.1) is 11.8 Å². The van der Waals surface area contributed by atoms with Gasteiger partial charge in [0.05, 0.1) is 6.61 Å². The molecule has 6 heteroatoms. The van der Waals surface area contributed by atoms with Crippen molar-refractivity contribution < 1.29 is 10.3 Å². The van der Waals surface area contributed by atoms with Crippen molar-refractivity contribution in [2.45, 2.75) is 17.1 Å². The van der Waals surface area contributed by atoms with Gasteiger partial charge in [0.15, 0.2) is 5.84 Å². The van der Waals surface area contributed by atoms with Crippen LogP contribution in [0.1, 0.15) is 12.5 Å². The minimum Gasteiger partial charge on any atom is -0.409 e. The molecule has 1 unspecified atom stereocenters. The maximum Gasteiger partial charge on any atom is 0.171 e. The van der Waals surface area contributed by atoms with E-state index in [1.165, 1.54) is 11.8 Å². The van der Waals surface area contributed by atoms with Crippen molar-refractivity contribution in [3.63, 3.8) is 0 Å². The predicted octanol–water partition coefficient (Wildman–Crippen LogP) is 2.02. The van der Waals surface area contributed by atoms with E-state index in [4.69, 9.17) is 16.0 Å². The van der Waals surface area contributed by atoms with Crippen LogP contribution in [0.15, 0.2) is 32.7 Å². The summed E-state index contributed by atoms with van der Waals surface area (Å²) in [6.45, 7) is 1.98. The highest BCUT2D eigenvalue weighted by atomic mass is 79.9. The average Bonchev–Trinajstić information content (AvgIpc) is 2.28. The normalized spacial score (nSPS) is 13.8. The van der Waals surface area contributed by atoms with Gasteiger partial charge in [-0.25, -0.2) is 0 Å². The van der Waals surface area contributed by atoms with Crippen LogP contribution in [0.4, 0.5) is 0 Å². The molecule has 0 saturated carbocycles. The molecule has 88 valence electrons. The number of halogens is 1. The predicted molar refractivity (Wildman–Crippen MR) is 69.1 cm³/mol. The molecule has 4 N–H and O–H groups in total. The van der Waals surface area contributed by atoms with Gasteiger partial charge in [-0.1, -0.05) is 28.0 Å². The van der Waals surface area contributed by atoms with E-state index in [0.29, 0.717) is 5.56 Å². The van der Waals surface area contributed by atoms with Gasteiger partial charge in [0.2, 0.25) is 0 Å². The van der Waals surface area contributed by atoms with Crippen molar-refractivity contribution in [2.24, 2.45) is 10.9 Å². The molecule has 1 aromatic carbocycles. The van der Waals surface area contributed by atoms with Crippen LogP contribution in [0.2, 0.25) is 0 Å². The molecule has 16 heavy (non-hydrogen) atoms. The van der Waals surface area contributed by atoms with Crippen molar-refractivity contribution >= 4 is 33.5 Å². The fourth-order valence-corrected chi connectivity index (χ4v) is 2.63. The van der Waals surface area contributed by atoms with Crippen molar-refractivity contribution in [3.8, 4) is 0 Å². The lowest BCUT2D eigenvalue weighted by Gasteiger charge is -2.12. The highest BCUT2D eigenvalue weighted by molar-refractivity contribution is 9.10. The standard InChI is InChI=1S/C10H13BrN2O2S/c1-6(5-14)16-9-4-7(11)2-3-8(9)10(12)13-15/h2-4,6,14-15H,5H2,1H3,(H2,12,13). The Kier molecular flexibility index (Phi) is 5.11. The van der Waals surface area contributed by atoms with E-state index >= 15 is 0 Å². The summed E-state index contributed by atoms with van der Waals surface area (Å²) in [7, 11) is 0. The third kappa shape index (κ3) is 3.40. The van der Waals surface area contributed by atoms with E-state index < -0.39 is 0 Å². The Balaban J connectivity index is 3.08. The summed E-state index contributed by atoms with van der Waals surface area (Å²) in [5.74, 6) is 0.0696. The Labute approximate surface area is 107 Å². The molecule has 0 fully saturated rings. The first-order valence-corrected chi connectivity index (χ1v) is 6.30. The summed E-state index contributed by atoms with van der Waals surface area (Å²) in [5.41, 5.74) is 6.23. The van der Waals surface area contributed by atoms with E-state index in [9.17, 15) is 0 Å². The molecule has 1 atom stereocenters. The Hall–Kier alpha value is -0.720. The van der Waals surface area contributed by atoms with Gasteiger partial charge < -0.3 is 16.0 Å². The van der Waals surface area contributed by atoms with Crippen LogP contribution >= 0.6 is 27.7 Å². The number of hydrogen-bond acceptors (Lipinski definition) is 4. The molecule has 1 aromatic rings. The van der Waals surface area contributed by atoms with Gasteiger partial charge >= 0.3 is 0 Å². The molecule has 4 nitrogen and oxygen atoms in total. The molecule has 0 amide bonds. The fourth-order valence-electron chi connectivity index (χ4n) is 1.11. The minimum absolute atomic E-state index is 0.0551. The molecular formula is C10H13BrN2O2S. The lowest BCUT2D eigenvalue weighted by Crippen LogP contribution is -2.15. The van der Waals surface area contributed by atoms with Gasteiger partial charge in [-0.2, -0.15) is 0 Å². The van der Waals surface area contributed by atoms with E-state index in [2.05, 4.69) is 21.1 Å². The number of rotatable bonds is 4. The summed E-state index contributed by atoms with van der Waals surface area (Å²) in [5, 5.41) is 20.7. The smallest absolute Gasteiger partial charge is 0.171 e. The number of nitrogens with zero attached hydrogens (tertiary/aromatic N) is 1. The van der Waals surface area contributed by atoms with Crippen LogP contribution in [0.3, 0.4) is 0 Å². The van der Waals surface area contributed by atoms with Gasteiger partial charge in [-0.3, -0.25) is 0 Å². The van der Waals surface area contributed by atoms with Crippen molar-refractivity contribution in [2.75, 3.05) is 6.61 Å². The summed E-state index contributed by atoms with van der Waals surface area (Å²) < 4.78 is 0.912. The molecule has 0 radical (unpaired) electrons. The van der Waals surface area contributed by atoms with E-state index in [-0.39, 0.29) is 17.7 Å². The quantitative estimate of drug-likeness (QED) is 0.261. The van der Waals surface area contributed by atoms with Crippen molar-refractivity contribution in [3.05, 3.63) is 28.2 Å². The second-order valence-electron chi connectivity index (χ2n) is 3.24. The first-order chi connectivity index (χ1) is 7.58. The lowest BCUT2D eigenvalue weighted by atomic mass is 10.2. The third-order valence-electron chi connectivity index (χ3n) is 1.91. The van der Waals surface area contributed by atoms with E-state index in [1.807, 2.05) is 19.1 Å². The molecule has 0 aliphatic carbocycles. The molecule has 0 heterocycles. The number of aliphatic hydroxyl groups is 1. The summed E-state index contributed by atoms with van der Waals surface area (Å²) in [6, 6.07) is 5.47. The number of nitrogens with two attached hydrogens (primary N) is 1. The Bertz CT molecular complexity index is 398. The third-order valence-corrected chi connectivity index (χ3v) is 3.55. The Morgan fingerprint density at radius 1 is 1.62 bits per heavy atom. The van der Waals surface area contributed by atoms with Crippen LogP contribution in [-0.4, -0.2) is 28.0 Å². The zero-order chi connectivity index (χ0) is 12.1. The largest absolute Gasteiger partial charge is 0.409 e. The summed E-state index contributed by atoms with van der Waals surface area (Å²) in [6.07, 6.45) is 0. The zero-order valence-corrected chi connectivity index (χ0v) is 11.1. The second kappa shape index (κ2) is 6.12. The number of thioether (sulfide) groups is 1. The van der Waals surface area contributed by atoms with E-state index in [1.54, 1.807) is 6.07 Å². The van der Waals surface area contributed by atoms with Gasteiger partial charge in [0.25, 0.3) is 0 Å². The molecule has 0 saturated heterocycles. The number of benzene rings is 1. The van der Waals surface area contributed by atoms with Gasteiger partial charge in [-0.05, 0) is 18.2 Å². The van der Waals surface area contributed by atoms with Crippen LogP contribution in [0.5, 0.6) is 0 Å². The fraction of sp³-hybridized carbons (Fsp3) is 0.300. The Morgan fingerprint density at radius 3 is 2.88 bits per heavy atom. The minimum atomic E-state index is 0.0551. The number of aliphatic hydroxyl groups excluding tert-OH is 1. The summed E-state index contributed by atoms with van der Waals surface area (Å²) in [4.78, 5) is 0.867. The Morgan fingerprint density at radius 2 is 2.31 bits per heavy atom. The highest BCUT2D eigenvalue weighted by Gasteiger charge is 2.11. The van der Waals surface area contributed by atoms with Crippen molar-refractivity contribution in [1.82, 2.24) is 0 Å². The maximum atomic E-state index is 9.01. The van der Waals surface area contributed by atoms with Gasteiger partial charge in [0.1, 0.15) is 0 Å². The molecule has 0 bridgehead atoms. The molecule has 0 aliphatic heterocycles. The molecule has 0 spiro atoms. The average molecular weight is 305 g/mol. The second-order valence-corrected chi connectivity index (χ2v) is 5.63. The van der Waals surface area contributed by atoms with Crippen LogP contribution in [-0.2, 0) is 0 Å². The molecule has 0 aromatic heterocycles. The van der Waals surface area contributed by atoms with Crippen LogP contribution < -0.4 is 5.73 Å². The topological polar surface area (TPSA) is 78.8 Å². The monoisotopic (exact) mass is 304 g/mol. The lowest BCUT2D eigenvalue weighted by molar-refractivity contribution is 0.300. The highest BCUT2D eigenvalue weighted by Crippen LogP contribution is 2.29. The SMILES string of the molecule is CC(CO)Sc1cc(Br)ccc1/C(N)=N/O. The summed E-state index contributed by atoms with van der Waals surface area (Å²) >= 11 is 4.84. The van der Waals surface area contributed by atoms with Crippen LogP contribution in [0.25, 0.3) is 0 Å². The first kappa shape index (κ1) is 13.3. The number of oxime groups is 1.